The SMILES string of the molecule is Cc1c(-c2ccc(Cc3ccc(OC(F)(F)F)cc3)cc2)nc2cc(Cl)ccc2c1OP(=O)(O)O. The molecule has 0 amide bonds. The topological polar surface area (TPSA) is 88.9 Å². The fourth-order valence-corrected chi connectivity index (χ4v) is 4.29. The number of halogens is 4. The second-order valence-corrected chi connectivity index (χ2v) is 9.32. The van der Waals surface area contributed by atoms with Crippen molar-refractivity contribution in [3.8, 4) is 22.8 Å². The third-order valence-corrected chi connectivity index (χ3v) is 5.79. The molecule has 0 atom stereocenters. The molecular formula is C24H18ClF3NO5P. The van der Waals surface area contributed by atoms with E-state index in [0.29, 0.717) is 39.2 Å². The van der Waals surface area contributed by atoms with Gasteiger partial charge in [0, 0.05) is 21.5 Å². The number of phosphoric acid groups is 1. The summed E-state index contributed by atoms with van der Waals surface area (Å²) in [6.07, 6.45) is -4.27. The Hall–Kier alpha value is -3.10. The van der Waals surface area contributed by atoms with Crippen LogP contribution in [0.3, 0.4) is 0 Å². The smallest absolute Gasteiger partial charge is 0.406 e. The quantitative estimate of drug-likeness (QED) is 0.269. The van der Waals surface area contributed by atoms with Crippen molar-refractivity contribution in [3.63, 3.8) is 0 Å². The van der Waals surface area contributed by atoms with Crippen molar-refractivity contribution in [2.75, 3.05) is 0 Å². The van der Waals surface area contributed by atoms with Crippen molar-refractivity contribution in [1.29, 1.82) is 0 Å². The molecule has 0 unspecified atom stereocenters. The summed E-state index contributed by atoms with van der Waals surface area (Å²) in [4.78, 5) is 23.4. The van der Waals surface area contributed by atoms with Crippen LogP contribution in [0.1, 0.15) is 16.7 Å². The molecule has 6 nitrogen and oxygen atoms in total. The monoisotopic (exact) mass is 523 g/mol. The second kappa shape index (κ2) is 9.51. The van der Waals surface area contributed by atoms with Crippen LogP contribution in [-0.2, 0) is 11.0 Å². The molecule has 2 N–H and O–H groups in total. The summed E-state index contributed by atoms with van der Waals surface area (Å²) in [5.74, 6) is -0.275. The van der Waals surface area contributed by atoms with Gasteiger partial charge in [0.15, 0.2) is 0 Å². The molecule has 3 aromatic carbocycles. The molecule has 4 aromatic rings. The van der Waals surface area contributed by atoms with E-state index >= 15 is 0 Å². The first-order chi connectivity index (χ1) is 16.4. The van der Waals surface area contributed by atoms with E-state index in [0.717, 1.165) is 11.1 Å². The molecule has 182 valence electrons. The minimum absolute atomic E-state index is 0.0141. The van der Waals surface area contributed by atoms with Crippen LogP contribution in [-0.4, -0.2) is 21.1 Å². The summed E-state index contributed by atoms with van der Waals surface area (Å²) in [6, 6.07) is 17.6. The molecular weight excluding hydrogens is 506 g/mol. The minimum atomic E-state index is -4.84. The van der Waals surface area contributed by atoms with Crippen molar-refractivity contribution in [2.24, 2.45) is 0 Å². The van der Waals surface area contributed by atoms with Crippen molar-refractivity contribution >= 4 is 30.3 Å². The summed E-state index contributed by atoms with van der Waals surface area (Å²) in [5.41, 5.74) is 3.68. The Morgan fingerprint density at radius 3 is 2.14 bits per heavy atom. The number of hydrogen-bond donors (Lipinski definition) is 2. The van der Waals surface area contributed by atoms with Crippen LogP contribution in [0, 0.1) is 6.92 Å². The highest BCUT2D eigenvalue weighted by Crippen LogP contribution is 2.44. The molecule has 0 saturated heterocycles. The minimum Gasteiger partial charge on any atom is -0.406 e. The maximum absolute atomic E-state index is 12.3. The Bertz CT molecular complexity index is 1420. The number of ether oxygens (including phenoxy) is 1. The van der Waals surface area contributed by atoms with Gasteiger partial charge in [-0.2, -0.15) is 0 Å². The van der Waals surface area contributed by atoms with Crippen LogP contribution < -0.4 is 9.26 Å². The Labute approximate surface area is 203 Å². The first-order valence-electron chi connectivity index (χ1n) is 10.2. The Kier molecular flexibility index (Phi) is 6.79. The molecule has 0 radical (unpaired) electrons. The van der Waals surface area contributed by atoms with Gasteiger partial charge < -0.3 is 9.26 Å². The maximum atomic E-state index is 12.3. The standard InChI is InChI=1S/C24H18ClF3NO5P/c1-14-22(29-21-13-18(25)8-11-20(21)23(14)34-35(30,31)32)17-6-2-15(3-7-17)12-16-4-9-19(10-5-16)33-24(26,27)28/h2-11,13H,12H2,1H3,(H2,30,31,32). The van der Waals surface area contributed by atoms with Gasteiger partial charge in [-0.15, -0.1) is 13.2 Å². The van der Waals surface area contributed by atoms with Gasteiger partial charge in [0.2, 0.25) is 0 Å². The van der Waals surface area contributed by atoms with Gasteiger partial charge in [-0.05, 0) is 54.8 Å². The third kappa shape index (κ3) is 6.32. The van der Waals surface area contributed by atoms with E-state index in [9.17, 15) is 27.5 Å². The lowest BCUT2D eigenvalue weighted by molar-refractivity contribution is -0.274. The molecule has 11 heteroatoms. The number of aromatic nitrogens is 1. The highest BCUT2D eigenvalue weighted by molar-refractivity contribution is 7.46. The number of nitrogens with zero attached hydrogens (tertiary/aromatic N) is 1. The van der Waals surface area contributed by atoms with E-state index in [4.69, 9.17) is 16.1 Å². The molecule has 35 heavy (non-hydrogen) atoms. The van der Waals surface area contributed by atoms with E-state index in [2.05, 4.69) is 9.72 Å². The lowest BCUT2D eigenvalue weighted by Gasteiger charge is -2.16. The van der Waals surface area contributed by atoms with E-state index in [-0.39, 0.29) is 11.5 Å². The van der Waals surface area contributed by atoms with E-state index in [1.807, 2.05) is 12.1 Å². The molecule has 0 fully saturated rings. The fraction of sp³-hybridized carbons (Fsp3) is 0.125. The van der Waals surface area contributed by atoms with Gasteiger partial charge >= 0.3 is 14.2 Å². The van der Waals surface area contributed by atoms with Crippen LogP contribution in [0.25, 0.3) is 22.2 Å². The van der Waals surface area contributed by atoms with Gasteiger partial charge in [0.1, 0.15) is 11.5 Å². The first kappa shape index (κ1) is 25.0. The van der Waals surface area contributed by atoms with Crippen LogP contribution in [0.4, 0.5) is 13.2 Å². The highest BCUT2D eigenvalue weighted by Gasteiger charge is 2.31. The maximum Gasteiger partial charge on any atom is 0.573 e. The van der Waals surface area contributed by atoms with Crippen LogP contribution in [0.5, 0.6) is 11.5 Å². The second-order valence-electron chi connectivity index (χ2n) is 7.72. The van der Waals surface area contributed by atoms with E-state index in [1.54, 1.807) is 49.4 Å². The number of hydrogen-bond acceptors (Lipinski definition) is 4. The molecule has 0 aliphatic heterocycles. The van der Waals surface area contributed by atoms with Gasteiger partial charge in [-0.3, -0.25) is 9.79 Å². The molecule has 1 aromatic heterocycles. The van der Waals surface area contributed by atoms with E-state index < -0.39 is 14.2 Å². The molecule has 4 rings (SSSR count). The number of benzene rings is 3. The predicted octanol–water partition coefficient (Wildman–Crippen LogP) is 6.82. The molecule has 0 aliphatic rings. The first-order valence-corrected chi connectivity index (χ1v) is 12.1. The normalized spacial score (nSPS) is 12.1. The van der Waals surface area contributed by atoms with Crippen molar-refractivity contribution < 1.29 is 36.8 Å². The molecule has 1 heterocycles. The summed E-state index contributed by atoms with van der Waals surface area (Å²) in [5, 5.41) is 0.817. The summed E-state index contributed by atoms with van der Waals surface area (Å²) < 4.78 is 57.4. The zero-order chi connectivity index (χ0) is 25.4. The number of pyridine rings is 1. The van der Waals surface area contributed by atoms with Crippen molar-refractivity contribution in [1.82, 2.24) is 4.98 Å². The average Bonchev–Trinajstić information content (AvgIpc) is 2.76. The Balaban J connectivity index is 1.63. The molecule has 0 saturated carbocycles. The molecule has 0 spiro atoms. The van der Waals surface area contributed by atoms with E-state index in [1.165, 1.54) is 12.1 Å². The lowest BCUT2D eigenvalue weighted by atomic mass is 9.99. The van der Waals surface area contributed by atoms with Crippen LogP contribution in [0.15, 0.2) is 66.7 Å². The Morgan fingerprint density at radius 1 is 0.971 bits per heavy atom. The highest BCUT2D eigenvalue weighted by atomic mass is 35.5. The number of rotatable bonds is 6. The summed E-state index contributed by atoms with van der Waals surface area (Å²) in [6.45, 7) is 1.65. The Morgan fingerprint density at radius 2 is 1.57 bits per heavy atom. The van der Waals surface area contributed by atoms with Gasteiger partial charge in [0.25, 0.3) is 0 Å². The number of fused-ring (bicyclic) bond motifs is 1. The zero-order valence-electron chi connectivity index (χ0n) is 18.1. The predicted molar refractivity (Wildman–Crippen MR) is 126 cm³/mol. The molecule has 0 bridgehead atoms. The van der Waals surface area contributed by atoms with Gasteiger partial charge in [-0.25, -0.2) is 9.55 Å². The zero-order valence-corrected chi connectivity index (χ0v) is 19.7. The fourth-order valence-electron chi connectivity index (χ4n) is 3.65. The van der Waals surface area contributed by atoms with Crippen molar-refractivity contribution in [2.45, 2.75) is 19.7 Å². The van der Waals surface area contributed by atoms with Crippen LogP contribution in [0.2, 0.25) is 5.02 Å². The number of phosphoric ester groups is 1. The number of alkyl halides is 3. The molecule has 0 aliphatic carbocycles. The summed E-state index contributed by atoms with van der Waals surface area (Å²) in [7, 11) is -4.84. The van der Waals surface area contributed by atoms with Gasteiger partial charge in [-0.1, -0.05) is 48.0 Å². The lowest BCUT2D eigenvalue weighted by Crippen LogP contribution is -2.17. The van der Waals surface area contributed by atoms with Crippen molar-refractivity contribution in [3.05, 3.63) is 88.4 Å². The third-order valence-electron chi connectivity index (χ3n) is 5.14. The van der Waals surface area contributed by atoms with Gasteiger partial charge in [0.05, 0.1) is 11.2 Å². The average molecular weight is 524 g/mol. The largest absolute Gasteiger partial charge is 0.573 e. The summed E-state index contributed by atoms with van der Waals surface area (Å²) >= 11 is 6.08. The van der Waals surface area contributed by atoms with Crippen LogP contribution >= 0.6 is 19.4 Å².